The van der Waals surface area contributed by atoms with E-state index in [1.165, 1.54) is 31.4 Å². The zero-order valence-electron chi connectivity index (χ0n) is 15.2. The molecule has 1 amide bonds. The van der Waals surface area contributed by atoms with Gasteiger partial charge in [-0.3, -0.25) is 4.79 Å². The van der Waals surface area contributed by atoms with Crippen molar-refractivity contribution in [2.45, 2.75) is 37.8 Å². The van der Waals surface area contributed by atoms with Crippen LogP contribution < -0.4 is 5.32 Å². The second-order valence-electron chi connectivity index (χ2n) is 7.57. The summed E-state index contributed by atoms with van der Waals surface area (Å²) in [5.74, 6) is 1.64. The molecule has 2 atom stereocenters. The van der Waals surface area contributed by atoms with Crippen LogP contribution in [0.15, 0.2) is 54.6 Å². The van der Waals surface area contributed by atoms with Crippen molar-refractivity contribution in [1.82, 2.24) is 10.2 Å². The topological polar surface area (TPSA) is 32.3 Å². The Morgan fingerprint density at radius 2 is 1.77 bits per heavy atom. The molecule has 0 radical (unpaired) electrons. The summed E-state index contributed by atoms with van der Waals surface area (Å²) in [6, 6.07) is 19.0. The van der Waals surface area contributed by atoms with E-state index in [4.69, 9.17) is 0 Å². The van der Waals surface area contributed by atoms with Crippen molar-refractivity contribution in [3.05, 3.63) is 71.3 Å². The fraction of sp³-hybridized carbons (Fsp3) is 0.409. The van der Waals surface area contributed by atoms with Crippen molar-refractivity contribution in [1.29, 1.82) is 0 Å². The predicted octanol–water partition coefficient (Wildman–Crippen LogP) is 4.24. The zero-order chi connectivity index (χ0) is 17.2. The lowest BCUT2D eigenvalue weighted by molar-refractivity contribution is 0.0785. The standard InChI is InChI=1S/C22H26N2O.ClH/c1-24(15-17-5-3-2-4-6-17)22(25)19-11-9-18(10-12-19)20-13-21(20)23-14-16-7-8-16;/h2-6,9-12,16,20-21,23H,7-8,13-15H2,1H3;1H. The molecule has 3 nitrogen and oxygen atoms in total. The van der Waals surface area contributed by atoms with E-state index in [0.29, 0.717) is 18.5 Å². The van der Waals surface area contributed by atoms with E-state index in [-0.39, 0.29) is 18.3 Å². The monoisotopic (exact) mass is 370 g/mol. The minimum absolute atomic E-state index is 0. The highest BCUT2D eigenvalue weighted by molar-refractivity contribution is 5.94. The van der Waals surface area contributed by atoms with E-state index in [9.17, 15) is 4.79 Å². The fourth-order valence-electron chi connectivity index (χ4n) is 3.45. The first-order valence-corrected chi connectivity index (χ1v) is 9.33. The molecular weight excluding hydrogens is 344 g/mol. The summed E-state index contributed by atoms with van der Waals surface area (Å²) < 4.78 is 0. The third kappa shape index (κ3) is 4.66. The van der Waals surface area contributed by atoms with Crippen LogP contribution >= 0.6 is 12.4 Å². The summed E-state index contributed by atoms with van der Waals surface area (Å²) in [7, 11) is 1.86. The van der Waals surface area contributed by atoms with Crippen LogP contribution in [-0.4, -0.2) is 30.4 Å². The van der Waals surface area contributed by atoms with Crippen molar-refractivity contribution in [2.24, 2.45) is 5.92 Å². The first kappa shape index (κ1) is 18.9. The maximum absolute atomic E-state index is 12.6. The average molecular weight is 371 g/mol. The van der Waals surface area contributed by atoms with Gasteiger partial charge in [0.2, 0.25) is 0 Å². The summed E-state index contributed by atoms with van der Waals surface area (Å²) >= 11 is 0. The van der Waals surface area contributed by atoms with Gasteiger partial charge in [-0.05, 0) is 55.0 Å². The smallest absolute Gasteiger partial charge is 0.253 e. The molecule has 26 heavy (non-hydrogen) atoms. The van der Waals surface area contributed by atoms with Gasteiger partial charge in [-0.1, -0.05) is 42.5 Å². The van der Waals surface area contributed by atoms with Crippen LogP contribution in [0.25, 0.3) is 0 Å². The minimum atomic E-state index is 0. The highest BCUT2D eigenvalue weighted by Gasteiger charge is 2.38. The van der Waals surface area contributed by atoms with Crippen molar-refractivity contribution in [2.75, 3.05) is 13.6 Å². The van der Waals surface area contributed by atoms with E-state index in [1.54, 1.807) is 4.90 Å². The molecule has 2 fully saturated rings. The van der Waals surface area contributed by atoms with Crippen LogP contribution in [0.5, 0.6) is 0 Å². The van der Waals surface area contributed by atoms with E-state index < -0.39 is 0 Å². The Bertz CT molecular complexity index is 728. The summed E-state index contributed by atoms with van der Waals surface area (Å²) in [6.45, 7) is 1.82. The predicted molar refractivity (Wildman–Crippen MR) is 108 cm³/mol. The molecule has 0 spiro atoms. The van der Waals surface area contributed by atoms with Gasteiger partial charge in [0.25, 0.3) is 5.91 Å². The molecule has 2 aromatic carbocycles. The van der Waals surface area contributed by atoms with Crippen LogP contribution in [-0.2, 0) is 6.54 Å². The second-order valence-corrected chi connectivity index (χ2v) is 7.57. The number of benzene rings is 2. The Labute approximate surface area is 162 Å². The molecule has 4 heteroatoms. The van der Waals surface area contributed by atoms with Crippen molar-refractivity contribution < 1.29 is 4.79 Å². The number of carbonyl (C=O) groups excluding carboxylic acids is 1. The van der Waals surface area contributed by atoms with Crippen LogP contribution in [0.4, 0.5) is 0 Å². The molecule has 2 aromatic rings. The third-order valence-corrected chi connectivity index (χ3v) is 5.35. The highest BCUT2D eigenvalue weighted by Crippen LogP contribution is 2.41. The normalized spacial score (nSPS) is 21.0. The lowest BCUT2D eigenvalue weighted by atomic mass is 10.1. The van der Waals surface area contributed by atoms with Gasteiger partial charge >= 0.3 is 0 Å². The number of carbonyl (C=O) groups is 1. The molecule has 138 valence electrons. The van der Waals surface area contributed by atoms with E-state index >= 15 is 0 Å². The number of hydrogen-bond acceptors (Lipinski definition) is 2. The fourth-order valence-corrected chi connectivity index (χ4v) is 3.45. The Kier molecular flexibility index (Phi) is 6.00. The first-order chi connectivity index (χ1) is 12.2. The molecule has 2 aliphatic rings. The maximum Gasteiger partial charge on any atom is 0.253 e. The lowest BCUT2D eigenvalue weighted by Gasteiger charge is -2.17. The molecule has 4 rings (SSSR count). The zero-order valence-corrected chi connectivity index (χ0v) is 16.0. The maximum atomic E-state index is 12.6. The number of nitrogens with zero attached hydrogens (tertiary/aromatic N) is 1. The molecular formula is C22H27ClN2O. The summed E-state index contributed by atoms with van der Waals surface area (Å²) in [6.07, 6.45) is 4.03. The molecule has 2 unspecified atom stereocenters. The summed E-state index contributed by atoms with van der Waals surface area (Å²) in [4.78, 5) is 14.4. The lowest BCUT2D eigenvalue weighted by Crippen LogP contribution is -2.26. The average Bonchev–Trinajstić information content (AvgIpc) is 3.55. The number of amides is 1. The van der Waals surface area contributed by atoms with Gasteiger partial charge in [0.15, 0.2) is 0 Å². The Balaban J connectivity index is 0.00000196. The molecule has 0 saturated heterocycles. The van der Waals surface area contributed by atoms with Crippen molar-refractivity contribution in [3.63, 3.8) is 0 Å². The molecule has 2 aliphatic carbocycles. The van der Waals surface area contributed by atoms with Gasteiger partial charge in [0, 0.05) is 31.1 Å². The van der Waals surface area contributed by atoms with Crippen LogP contribution in [0, 0.1) is 5.92 Å². The number of halogens is 1. The molecule has 2 saturated carbocycles. The van der Waals surface area contributed by atoms with Crippen LogP contribution in [0.3, 0.4) is 0 Å². The van der Waals surface area contributed by atoms with E-state index in [1.807, 2.05) is 37.4 Å². The first-order valence-electron chi connectivity index (χ1n) is 9.33. The van der Waals surface area contributed by atoms with Gasteiger partial charge in [0.1, 0.15) is 0 Å². The van der Waals surface area contributed by atoms with Gasteiger partial charge in [0.05, 0.1) is 0 Å². The number of rotatable bonds is 7. The number of hydrogen-bond donors (Lipinski definition) is 1. The van der Waals surface area contributed by atoms with Crippen LogP contribution in [0.1, 0.15) is 46.7 Å². The molecule has 0 aliphatic heterocycles. The van der Waals surface area contributed by atoms with E-state index in [0.717, 1.165) is 17.0 Å². The van der Waals surface area contributed by atoms with Gasteiger partial charge < -0.3 is 10.2 Å². The van der Waals surface area contributed by atoms with Crippen molar-refractivity contribution >= 4 is 18.3 Å². The van der Waals surface area contributed by atoms with Gasteiger partial charge in [-0.2, -0.15) is 0 Å². The Hall–Kier alpha value is -1.84. The highest BCUT2D eigenvalue weighted by atomic mass is 35.5. The SMILES string of the molecule is CN(Cc1ccccc1)C(=O)c1ccc(C2CC2NCC2CC2)cc1.Cl. The third-order valence-electron chi connectivity index (χ3n) is 5.35. The molecule has 1 N–H and O–H groups in total. The van der Waals surface area contributed by atoms with Gasteiger partial charge in [-0.15, -0.1) is 12.4 Å². The molecule has 0 heterocycles. The molecule has 0 bridgehead atoms. The molecule has 0 aromatic heterocycles. The Morgan fingerprint density at radius 1 is 1.08 bits per heavy atom. The van der Waals surface area contributed by atoms with Gasteiger partial charge in [-0.25, -0.2) is 0 Å². The Morgan fingerprint density at radius 3 is 2.42 bits per heavy atom. The van der Waals surface area contributed by atoms with E-state index in [2.05, 4.69) is 29.6 Å². The number of nitrogens with one attached hydrogen (secondary N) is 1. The quantitative estimate of drug-likeness (QED) is 0.790. The van der Waals surface area contributed by atoms with Crippen molar-refractivity contribution in [3.8, 4) is 0 Å². The minimum Gasteiger partial charge on any atom is -0.337 e. The van der Waals surface area contributed by atoms with Crippen LogP contribution in [0.2, 0.25) is 0 Å². The largest absolute Gasteiger partial charge is 0.337 e. The summed E-state index contributed by atoms with van der Waals surface area (Å²) in [5, 5.41) is 3.67. The second kappa shape index (κ2) is 8.24. The summed E-state index contributed by atoms with van der Waals surface area (Å²) in [5.41, 5.74) is 3.28.